The van der Waals surface area contributed by atoms with Crippen LogP contribution in [-0.4, -0.2) is 22.9 Å². The second kappa shape index (κ2) is 5.40. The fourth-order valence-corrected chi connectivity index (χ4v) is 3.82. The van der Waals surface area contributed by atoms with Crippen molar-refractivity contribution in [3.63, 3.8) is 0 Å². The van der Waals surface area contributed by atoms with Crippen molar-refractivity contribution in [2.75, 3.05) is 13.1 Å². The van der Waals surface area contributed by atoms with Crippen molar-refractivity contribution < 1.29 is 9.85 Å². The third-order valence-corrected chi connectivity index (χ3v) is 4.84. The molecular weight excluding hydrogens is 274 g/mol. The number of rotatable bonds is 4. The largest absolute Gasteiger partial charge is 0.346 e. The highest BCUT2D eigenvalue weighted by molar-refractivity contribution is 5.54. The molecule has 0 radical (unpaired) electrons. The van der Waals surface area contributed by atoms with Crippen LogP contribution in [-0.2, 0) is 6.42 Å². The number of benzene rings is 1. The van der Waals surface area contributed by atoms with Gasteiger partial charge in [-0.25, -0.2) is 0 Å². The molecule has 1 N–H and O–H groups in total. The summed E-state index contributed by atoms with van der Waals surface area (Å²) >= 11 is 0. The number of nitro groups is 2. The Morgan fingerprint density at radius 2 is 1.86 bits per heavy atom. The van der Waals surface area contributed by atoms with E-state index >= 15 is 0 Å². The van der Waals surface area contributed by atoms with Gasteiger partial charge in [0.15, 0.2) is 0 Å². The lowest BCUT2D eigenvalue weighted by atomic mass is 9.87. The summed E-state index contributed by atoms with van der Waals surface area (Å²) in [5.41, 5.74) is -0.0166. The number of nitro benzene ring substituents is 2. The number of fused-ring (bicyclic) bond motifs is 1. The fraction of sp³-hybridized carbons (Fsp3) is 0.571. The van der Waals surface area contributed by atoms with E-state index in [9.17, 15) is 20.2 Å². The zero-order chi connectivity index (χ0) is 15.0. The highest BCUT2D eigenvalue weighted by Crippen LogP contribution is 2.41. The van der Waals surface area contributed by atoms with Crippen molar-refractivity contribution in [1.82, 2.24) is 5.32 Å². The predicted molar refractivity (Wildman–Crippen MR) is 76.0 cm³/mol. The van der Waals surface area contributed by atoms with Crippen molar-refractivity contribution in [3.8, 4) is 0 Å². The zero-order valence-corrected chi connectivity index (χ0v) is 11.5. The highest BCUT2D eigenvalue weighted by atomic mass is 16.6. The molecule has 0 aromatic heterocycles. The first-order valence-corrected chi connectivity index (χ1v) is 7.18. The topological polar surface area (TPSA) is 98.3 Å². The molecule has 1 heterocycles. The minimum atomic E-state index is -0.700. The molecule has 0 spiro atoms. The third kappa shape index (κ3) is 2.61. The molecule has 1 saturated heterocycles. The summed E-state index contributed by atoms with van der Waals surface area (Å²) in [6, 6.07) is 4.28. The molecule has 3 atom stereocenters. The second-order valence-electron chi connectivity index (χ2n) is 5.96. The SMILES string of the molecule is O=[N+]([O-])c1ccc(CC2CCC3CNCC32)cc1[N+](=O)[O-]. The van der Waals surface area contributed by atoms with Gasteiger partial charge in [0.05, 0.1) is 9.85 Å². The predicted octanol–water partition coefficient (Wildman–Crippen LogP) is 2.29. The van der Waals surface area contributed by atoms with Crippen LogP contribution in [0, 0.1) is 38.0 Å². The smallest absolute Gasteiger partial charge is 0.316 e. The summed E-state index contributed by atoms with van der Waals surface area (Å²) in [6.45, 7) is 2.09. The van der Waals surface area contributed by atoms with E-state index in [1.165, 1.54) is 18.6 Å². The standard InChI is InChI=1S/C14H17N3O4/c18-16(19)13-4-1-9(6-14(13)17(20)21)5-10-2-3-11-7-15-8-12(10)11/h1,4,6,10-12,15H,2-3,5,7-8H2. The zero-order valence-electron chi connectivity index (χ0n) is 11.5. The van der Waals surface area contributed by atoms with Gasteiger partial charge in [0.1, 0.15) is 0 Å². The molecule has 1 saturated carbocycles. The van der Waals surface area contributed by atoms with E-state index in [4.69, 9.17) is 0 Å². The molecule has 1 aliphatic carbocycles. The van der Waals surface area contributed by atoms with Crippen molar-refractivity contribution in [1.29, 1.82) is 0 Å². The van der Waals surface area contributed by atoms with Crippen molar-refractivity contribution in [2.24, 2.45) is 17.8 Å². The van der Waals surface area contributed by atoms with Crippen LogP contribution >= 0.6 is 0 Å². The Hall–Kier alpha value is -2.02. The lowest BCUT2D eigenvalue weighted by molar-refractivity contribution is -0.422. The van der Waals surface area contributed by atoms with Crippen LogP contribution in [0.15, 0.2) is 18.2 Å². The minimum absolute atomic E-state index is 0.406. The first-order valence-electron chi connectivity index (χ1n) is 7.18. The van der Waals surface area contributed by atoms with Crippen LogP contribution in [0.5, 0.6) is 0 Å². The van der Waals surface area contributed by atoms with E-state index in [1.807, 2.05) is 0 Å². The first kappa shape index (κ1) is 13.9. The van der Waals surface area contributed by atoms with Crippen LogP contribution in [0.25, 0.3) is 0 Å². The quantitative estimate of drug-likeness (QED) is 0.678. The van der Waals surface area contributed by atoms with Crippen molar-refractivity contribution in [3.05, 3.63) is 44.0 Å². The maximum Gasteiger partial charge on any atom is 0.346 e. The summed E-state index contributed by atoms with van der Waals surface area (Å²) in [7, 11) is 0. The van der Waals surface area contributed by atoms with Gasteiger partial charge in [0, 0.05) is 12.1 Å². The van der Waals surface area contributed by atoms with Gasteiger partial charge < -0.3 is 5.32 Å². The maximum atomic E-state index is 11.0. The second-order valence-corrected chi connectivity index (χ2v) is 5.96. The fourth-order valence-electron chi connectivity index (χ4n) is 3.82. The molecule has 21 heavy (non-hydrogen) atoms. The Morgan fingerprint density at radius 3 is 2.57 bits per heavy atom. The van der Waals surface area contributed by atoms with Crippen LogP contribution in [0.2, 0.25) is 0 Å². The molecule has 1 aromatic rings. The van der Waals surface area contributed by atoms with Crippen molar-refractivity contribution in [2.45, 2.75) is 19.3 Å². The van der Waals surface area contributed by atoms with Crippen LogP contribution in [0.3, 0.4) is 0 Å². The molecule has 7 heteroatoms. The maximum absolute atomic E-state index is 11.0. The van der Waals surface area contributed by atoms with Gasteiger partial charge in [0.2, 0.25) is 0 Å². The minimum Gasteiger partial charge on any atom is -0.316 e. The number of nitrogens with one attached hydrogen (secondary N) is 1. The number of hydrogen-bond acceptors (Lipinski definition) is 5. The molecule has 1 aromatic carbocycles. The van der Waals surface area contributed by atoms with Crippen LogP contribution in [0.1, 0.15) is 18.4 Å². The van der Waals surface area contributed by atoms with Gasteiger partial charge in [0.25, 0.3) is 0 Å². The van der Waals surface area contributed by atoms with E-state index < -0.39 is 21.2 Å². The van der Waals surface area contributed by atoms with Gasteiger partial charge in [-0.3, -0.25) is 20.2 Å². The Balaban J connectivity index is 1.81. The molecule has 7 nitrogen and oxygen atoms in total. The van der Waals surface area contributed by atoms with Gasteiger partial charge in [-0.1, -0.05) is 6.07 Å². The van der Waals surface area contributed by atoms with E-state index in [0.29, 0.717) is 11.8 Å². The van der Waals surface area contributed by atoms with E-state index in [-0.39, 0.29) is 0 Å². The molecule has 1 aliphatic heterocycles. The molecule has 2 aliphatic rings. The molecule has 2 fully saturated rings. The van der Waals surface area contributed by atoms with Gasteiger partial charge in [-0.05, 0) is 55.7 Å². The Kier molecular flexibility index (Phi) is 3.59. The molecule has 112 valence electrons. The first-order chi connectivity index (χ1) is 10.1. The van der Waals surface area contributed by atoms with Gasteiger partial charge in [-0.15, -0.1) is 0 Å². The summed E-state index contributed by atoms with van der Waals surface area (Å²) in [4.78, 5) is 20.4. The highest BCUT2D eigenvalue weighted by Gasteiger charge is 2.39. The summed E-state index contributed by atoms with van der Waals surface area (Å²) in [5.74, 6) is 1.88. The summed E-state index contributed by atoms with van der Waals surface area (Å²) < 4.78 is 0. The Labute approximate surface area is 121 Å². The normalized spacial score (nSPS) is 27.5. The molecule has 3 unspecified atom stereocenters. The number of nitrogens with zero attached hydrogens (tertiary/aromatic N) is 2. The Morgan fingerprint density at radius 1 is 1.10 bits per heavy atom. The molecular formula is C14H17N3O4. The van der Waals surface area contributed by atoms with E-state index in [1.54, 1.807) is 6.07 Å². The van der Waals surface area contributed by atoms with Crippen LogP contribution < -0.4 is 5.32 Å². The van der Waals surface area contributed by atoms with Crippen molar-refractivity contribution >= 4 is 11.4 Å². The van der Waals surface area contributed by atoms with Gasteiger partial charge >= 0.3 is 11.4 Å². The monoisotopic (exact) mass is 291 g/mol. The third-order valence-electron chi connectivity index (χ3n) is 4.84. The molecule has 3 rings (SSSR count). The summed E-state index contributed by atoms with van der Waals surface area (Å²) in [6.07, 6.45) is 3.11. The lowest BCUT2D eigenvalue weighted by Gasteiger charge is -2.17. The average molecular weight is 291 g/mol. The Bertz CT molecular complexity index is 590. The molecule has 0 amide bonds. The lowest BCUT2D eigenvalue weighted by Crippen LogP contribution is -2.17. The van der Waals surface area contributed by atoms with E-state index in [2.05, 4.69) is 5.32 Å². The summed E-state index contributed by atoms with van der Waals surface area (Å²) in [5, 5.41) is 25.2. The number of hydrogen-bond donors (Lipinski definition) is 1. The van der Waals surface area contributed by atoms with E-state index in [0.717, 1.165) is 37.4 Å². The average Bonchev–Trinajstić information content (AvgIpc) is 3.03. The van der Waals surface area contributed by atoms with Crippen LogP contribution in [0.4, 0.5) is 11.4 Å². The molecule has 0 bridgehead atoms. The van der Waals surface area contributed by atoms with Gasteiger partial charge in [-0.2, -0.15) is 0 Å².